The van der Waals surface area contributed by atoms with Crippen LogP contribution in [0.4, 0.5) is 0 Å². The number of carbonyl (C=O) groups is 1. The Hall–Kier alpha value is -4.37. The molecule has 6 rings (SSSR count). The second-order valence-corrected chi connectivity index (χ2v) is 9.83. The van der Waals surface area contributed by atoms with Crippen molar-refractivity contribution in [2.75, 3.05) is 20.5 Å². The minimum absolute atomic E-state index is 0.119. The van der Waals surface area contributed by atoms with E-state index >= 15 is 0 Å². The number of benzene rings is 3. The van der Waals surface area contributed by atoms with Crippen LogP contribution in [0.5, 0.6) is 17.2 Å². The van der Waals surface area contributed by atoms with Gasteiger partial charge in [-0.25, -0.2) is 9.79 Å². The average molecular weight is 529 g/mol. The van der Waals surface area contributed by atoms with Crippen molar-refractivity contribution in [3.63, 3.8) is 0 Å². The van der Waals surface area contributed by atoms with Gasteiger partial charge in [-0.3, -0.25) is 9.36 Å². The van der Waals surface area contributed by atoms with Crippen LogP contribution in [0.3, 0.4) is 0 Å². The summed E-state index contributed by atoms with van der Waals surface area (Å²) in [5.41, 5.74) is 2.05. The van der Waals surface area contributed by atoms with Crippen molar-refractivity contribution in [3.8, 4) is 17.2 Å². The van der Waals surface area contributed by atoms with E-state index in [0.29, 0.717) is 43.4 Å². The summed E-state index contributed by atoms with van der Waals surface area (Å²) in [5, 5.41) is 2.00. The minimum Gasteiger partial charge on any atom is -0.496 e. The van der Waals surface area contributed by atoms with E-state index in [1.807, 2.05) is 48.5 Å². The van der Waals surface area contributed by atoms with E-state index in [2.05, 4.69) is 4.99 Å². The zero-order valence-corrected chi connectivity index (χ0v) is 21.8. The van der Waals surface area contributed by atoms with Crippen LogP contribution < -0.4 is 29.1 Å². The van der Waals surface area contributed by atoms with Crippen LogP contribution in [-0.2, 0) is 9.53 Å². The first-order valence-corrected chi connectivity index (χ1v) is 13.0. The predicted octanol–water partition coefficient (Wildman–Crippen LogP) is 3.69. The Labute approximate surface area is 221 Å². The molecule has 2 aliphatic rings. The van der Waals surface area contributed by atoms with Crippen LogP contribution in [0.2, 0.25) is 0 Å². The quantitative estimate of drug-likeness (QED) is 0.367. The lowest BCUT2D eigenvalue weighted by molar-refractivity contribution is -0.139. The number of methoxy groups -OCH3 is 1. The fourth-order valence-corrected chi connectivity index (χ4v) is 5.95. The molecule has 192 valence electrons. The van der Waals surface area contributed by atoms with E-state index in [4.69, 9.17) is 18.9 Å². The molecule has 0 aliphatic carbocycles. The summed E-state index contributed by atoms with van der Waals surface area (Å²) in [6.45, 7) is 3.83. The van der Waals surface area contributed by atoms with Crippen molar-refractivity contribution < 1.29 is 23.7 Å². The number of aromatic nitrogens is 1. The Morgan fingerprint density at radius 2 is 1.97 bits per heavy atom. The largest absolute Gasteiger partial charge is 0.496 e. The van der Waals surface area contributed by atoms with E-state index in [1.165, 1.54) is 11.3 Å². The third kappa shape index (κ3) is 3.86. The molecule has 1 aromatic heterocycles. The van der Waals surface area contributed by atoms with Gasteiger partial charge in [-0.15, -0.1) is 0 Å². The first-order chi connectivity index (χ1) is 18.5. The predicted molar refractivity (Wildman–Crippen MR) is 143 cm³/mol. The Morgan fingerprint density at radius 3 is 2.79 bits per heavy atom. The molecule has 8 nitrogen and oxygen atoms in total. The van der Waals surface area contributed by atoms with E-state index in [0.717, 1.165) is 16.3 Å². The molecule has 0 saturated heterocycles. The van der Waals surface area contributed by atoms with Crippen molar-refractivity contribution >= 4 is 34.2 Å². The van der Waals surface area contributed by atoms with Gasteiger partial charge >= 0.3 is 5.97 Å². The summed E-state index contributed by atoms with van der Waals surface area (Å²) in [4.78, 5) is 32.3. The molecule has 0 fully saturated rings. The van der Waals surface area contributed by atoms with E-state index in [9.17, 15) is 9.59 Å². The van der Waals surface area contributed by atoms with Crippen molar-refractivity contribution in [2.24, 2.45) is 4.99 Å². The van der Waals surface area contributed by atoms with Gasteiger partial charge in [-0.05, 0) is 54.5 Å². The van der Waals surface area contributed by atoms with Gasteiger partial charge in [0.15, 0.2) is 16.3 Å². The zero-order chi connectivity index (χ0) is 26.4. The molecule has 0 unspecified atom stereocenters. The molecule has 38 heavy (non-hydrogen) atoms. The van der Waals surface area contributed by atoms with Crippen LogP contribution in [0.1, 0.15) is 31.0 Å². The van der Waals surface area contributed by atoms with E-state index < -0.39 is 12.0 Å². The molecular weight excluding hydrogens is 504 g/mol. The van der Waals surface area contributed by atoms with Crippen LogP contribution in [0, 0.1) is 0 Å². The number of carbonyl (C=O) groups excluding carboxylic acids is 1. The van der Waals surface area contributed by atoms with Gasteiger partial charge in [0.2, 0.25) is 6.79 Å². The van der Waals surface area contributed by atoms with Gasteiger partial charge in [-0.2, -0.15) is 0 Å². The molecule has 3 heterocycles. The lowest BCUT2D eigenvalue weighted by Crippen LogP contribution is -2.39. The van der Waals surface area contributed by atoms with Crippen molar-refractivity contribution in [1.82, 2.24) is 4.57 Å². The Kier molecular flexibility index (Phi) is 6.00. The molecule has 0 saturated carbocycles. The molecule has 1 atom stereocenters. The topological polar surface area (TPSA) is 88.4 Å². The third-order valence-electron chi connectivity index (χ3n) is 6.66. The SMILES string of the molecule is CCOC(=O)C1=C(C)N=c2s/c(=C\c3c(OC)ccc4ccccc34)c(=O)n2[C@H]1c1ccc2c(c1)OCO2. The number of rotatable bonds is 5. The number of ether oxygens (including phenoxy) is 4. The second-order valence-electron chi connectivity index (χ2n) is 8.82. The zero-order valence-electron chi connectivity index (χ0n) is 21.0. The molecule has 0 spiro atoms. The average Bonchev–Trinajstić information content (AvgIpc) is 3.51. The standard InChI is InChI=1S/C29H24N2O6S/c1-4-35-28(33)25-16(2)30-29-31(26(25)18-10-12-22-23(13-18)37-15-36-22)27(32)24(38-29)14-20-19-8-6-5-7-17(19)9-11-21(20)34-3/h5-14,26H,4,15H2,1-3H3/b24-14-/t26-/m0/s1. The highest BCUT2D eigenvalue weighted by molar-refractivity contribution is 7.07. The molecule has 3 aromatic carbocycles. The minimum atomic E-state index is -0.739. The molecule has 0 N–H and O–H groups in total. The summed E-state index contributed by atoms with van der Waals surface area (Å²) in [6, 6.07) is 16.5. The smallest absolute Gasteiger partial charge is 0.338 e. The van der Waals surface area contributed by atoms with E-state index in [-0.39, 0.29) is 19.0 Å². The monoisotopic (exact) mass is 528 g/mol. The molecule has 0 bridgehead atoms. The summed E-state index contributed by atoms with van der Waals surface area (Å²) in [6.07, 6.45) is 1.84. The van der Waals surface area contributed by atoms with Crippen LogP contribution in [-0.4, -0.2) is 31.0 Å². The first-order valence-electron chi connectivity index (χ1n) is 12.1. The summed E-state index contributed by atoms with van der Waals surface area (Å²) in [7, 11) is 1.61. The second kappa shape index (κ2) is 9.50. The lowest BCUT2D eigenvalue weighted by Gasteiger charge is -2.24. The van der Waals surface area contributed by atoms with Gasteiger partial charge in [0.25, 0.3) is 5.56 Å². The summed E-state index contributed by atoms with van der Waals surface area (Å²) >= 11 is 1.27. The summed E-state index contributed by atoms with van der Waals surface area (Å²) in [5.74, 6) is 1.32. The van der Waals surface area contributed by atoms with Crippen molar-refractivity contribution in [2.45, 2.75) is 19.9 Å². The number of allylic oxidation sites excluding steroid dienone is 1. The maximum absolute atomic E-state index is 14.0. The number of hydrogen-bond donors (Lipinski definition) is 0. The molecule has 0 amide bonds. The normalized spacial score (nSPS) is 16.4. The maximum Gasteiger partial charge on any atom is 0.338 e. The molecule has 9 heteroatoms. The molecular formula is C29H24N2O6S. The van der Waals surface area contributed by atoms with Crippen LogP contribution >= 0.6 is 11.3 Å². The van der Waals surface area contributed by atoms with Crippen molar-refractivity contribution in [3.05, 3.63) is 96.7 Å². The van der Waals surface area contributed by atoms with Gasteiger partial charge in [0.1, 0.15) is 5.75 Å². The highest BCUT2D eigenvalue weighted by Crippen LogP contribution is 2.38. The van der Waals surface area contributed by atoms with Gasteiger partial charge in [0, 0.05) is 5.56 Å². The highest BCUT2D eigenvalue weighted by Gasteiger charge is 2.34. The lowest BCUT2D eigenvalue weighted by atomic mass is 9.95. The molecule has 2 aliphatic heterocycles. The number of esters is 1. The fraction of sp³-hybridized carbons (Fsp3) is 0.207. The Morgan fingerprint density at radius 1 is 1.16 bits per heavy atom. The number of hydrogen-bond acceptors (Lipinski definition) is 8. The molecule has 0 radical (unpaired) electrons. The maximum atomic E-state index is 14.0. The Balaban J connectivity index is 1.60. The number of thiazole rings is 1. The Bertz CT molecular complexity index is 1820. The number of fused-ring (bicyclic) bond motifs is 3. The number of nitrogens with zero attached hydrogens (tertiary/aromatic N) is 2. The van der Waals surface area contributed by atoms with E-state index in [1.54, 1.807) is 37.7 Å². The first kappa shape index (κ1) is 24.0. The van der Waals surface area contributed by atoms with Gasteiger partial charge in [-0.1, -0.05) is 47.7 Å². The summed E-state index contributed by atoms with van der Waals surface area (Å²) < 4.78 is 24.1. The van der Waals surface area contributed by atoms with Crippen LogP contribution in [0.25, 0.3) is 16.8 Å². The fourth-order valence-electron chi connectivity index (χ4n) is 4.92. The third-order valence-corrected chi connectivity index (χ3v) is 7.64. The van der Waals surface area contributed by atoms with Crippen LogP contribution in [0.15, 0.2) is 75.7 Å². The van der Waals surface area contributed by atoms with Gasteiger partial charge < -0.3 is 18.9 Å². The van der Waals surface area contributed by atoms with Gasteiger partial charge in [0.05, 0.1) is 35.6 Å². The molecule has 4 aromatic rings. The highest BCUT2D eigenvalue weighted by atomic mass is 32.1. The van der Waals surface area contributed by atoms with Crippen molar-refractivity contribution in [1.29, 1.82) is 0 Å².